The predicted molar refractivity (Wildman–Crippen MR) is 87.4 cm³/mol. The fourth-order valence-electron chi connectivity index (χ4n) is 1.47. The van der Waals surface area contributed by atoms with Gasteiger partial charge in [-0.15, -0.1) is 0 Å². The molecule has 0 unspecified atom stereocenters. The van der Waals surface area contributed by atoms with Gasteiger partial charge in [0.1, 0.15) is 5.71 Å². The maximum Gasteiger partial charge on any atom is 0.301 e. The summed E-state index contributed by atoms with van der Waals surface area (Å²) in [5.41, 5.74) is 4.40. The molecule has 2 rings (SSSR count). The van der Waals surface area contributed by atoms with Crippen LogP contribution in [0.15, 0.2) is 41.5 Å². The summed E-state index contributed by atoms with van der Waals surface area (Å²) in [4.78, 5) is 0. The van der Waals surface area contributed by atoms with Crippen molar-refractivity contribution in [1.82, 2.24) is 10.5 Å². The van der Waals surface area contributed by atoms with E-state index in [1.54, 1.807) is 6.08 Å². The molecule has 9 heteroatoms. The van der Waals surface area contributed by atoms with E-state index in [1.807, 2.05) is 30.3 Å². The molecule has 1 aromatic carbocycles. The van der Waals surface area contributed by atoms with Gasteiger partial charge in [-0.3, -0.25) is 5.43 Å². The summed E-state index contributed by atoms with van der Waals surface area (Å²) in [6, 6.07) is 9.31. The minimum atomic E-state index is -1.84. The zero-order chi connectivity index (χ0) is 15.0. The fourth-order valence-corrected chi connectivity index (χ4v) is 1.99. The molecule has 3 nitrogen and oxygen atoms in total. The van der Waals surface area contributed by atoms with Crippen molar-refractivity contribution in [3.8, 4) is 0 Å². The highest BCUT2D eigenvalue weighted by Crippen LogP contribution is 2.36. The molecule has 1 aromatic rings. The molecule has 108 valence electrons. The summed E-state index contributed by atoms with van der Waals surface area (Å²) in [7, 11) is 0. The summed E-state index contributed by atoms with van der Waals surface area (Å²) < 4.78 is -3.58. The van der Waals surface area contributed by atoms with Crippen molar-refractivity contribution in [2.45, 2.75) is 7.71 Å². The number of halogens is 6. The lowest BCUT2D eigenvalue weighted by atomic mass is 10.1. The normalized spacial score (nSPS) is 16.4. The molecule has 0 bridgehead atoms. The highest BCUT2D eigenvalue weighted by atomic mass is 35.6. The zero-order valence-electron chi connectivity index (χ0n) is 9.63. The molecule has 1 heterocycles. The summed E-state index contributed by atoms with van der Waals surface area (Å²) in [5.74, 6) is 0. The Hall–Kier alpha value is -0.0300. The Morgan fingerprint density at radius 1 is 0.950 bits per heavy atom. The lowest BCUT2D eigenvalue weighted by molar-refractivity contribution is 0.236. The Labute approximate surface area is 146 Å². The minimum Gasteiger partial charge on any atom is -0.278 e. The lowest BCUT2D eigenvalue weighted by Gasteiger charge is -2.33. The first-order valence-electron chi connectivity index (χ1n) is 5.24. The summed E-state index contributed by atoms with van der Waals surface area (Å²) in [6.45, 7) is 0. The summed E-state index contributed by atoms with van der Waals surface area (Å²) in [5, 5.41) is 4.97. The van der Waals surface area contributed by atoms with Crippen LogP contribution in [0.5, 0.6) is 0 Å². The Kier molecular flexibility index (Phi) is 4.90. The fraction of sp³-hybridized carbons (Fsp3) is 0.182. The van der Waals surface area contributed by atoms with Crippen LogP contribution in [0.3, 0.4) is 0 Å². The second kappa shape index (κ2) is 5.99. The topological polar surface area (TPSA) is 27.6 Å². The smallest absolute Gasteiger partial charge is 0.278 e. The van der Waals surface area contributed by atoms with Gasteiger partial charge in [0.2, 0.25) is 3.79 Å². The standard InChI is InChI=1S/C11H7Cl6N3/c12-10(13,14)9-6-8(7-4-2-1-3-5-7)18-20(19-9)11(15,16)17/h1-6,18H. The van der Waals surface area contributed by atoms with Gasteiger partial charge in [0.05, 0.1) is 5.70 Å². The van der Waals surface area contributed by atoms with E-state index in [-0.39, 0.29) is 5.71 Å². The van der Waals surface area contributed by atoms with Crippen molar-refractivity contribution in [2.24, 2.45) is 5.10 Å². The quantitative estimate of drug-likeness (QED) is 0.542. The zero-order valence-corrected chi connectivity index (χ0v) is 14.2. The third-order valence-electron chi connectivity index (χ3n) is 2.33. The number of hydrogen-bond acceptors (Lipinski definition) is 3. The van der Waals surface area contributed by atoms with Gasteiger partial charge in [0.25, 0.3) is 0 Å². The number of nitrogens with zero attached hydrogens (tertiary/aromatic N) is 2. The van der Waals surface area contributed by atoms with Gasteiger partial charge in [-0.2, -0.15) is 10.2 Å². The second-order valence-electron chi connectivity index (χ2n) is 3.80. The van der Waals surface area contributed by atoms with Crippen LogP contribution in [0.4, 0.5) is 0 Å². The molecule has 0 aromatic heterocycles. The predicted octanol–water partition coefficient (Wildman–Crippen LogP) is 4.90. The molecular weight excluding hydrogens is 387 g/mol. The maximum atomic E-state index is 5.85. The van der Waals surface area contributed by atoms with E-state index in [0.717, 1.165) is 10.7 Å². The Morgan fingerprint density at radius 2 is 1.55 bits per heavy atom. The van der Waals surface area contributed by atoms with E-state index in [0.29, 0.717) is 5.70 Å². The number of allylic oxidation sites excluding steroid dienone is 1. The molecule has 0 spiro atoms. The number of hydrazone groups is 1. The molecule has 20 heavy (non-hydrogen) atoms. The van der Waals surface area contributed by atoms with E-state index in [1.165, 1.54) is 0 Å². The largest absolute Gasteiger partial charge is 0.301 e. The molecule has 1 aliphatic rings. The molecular formula is C11H7Cl6N3. The van der Waals surface area contributed by atoms with Crippen molar-refractivity contribution in [2.75, 3.05) is 0 Å². The third-order valence-corrected chi connectivity index (χ3v) is 3.39. The van der Waals surface area contributed by atoms with E-state index >= 15 is 0 Å². The Morgan fingerprint density at radius 3 is 2.05 bits per heavy atom. The molecule has 0 saturated carbocycles. The second-order valence-corrected chi connectivity index (χ2v) is 8.30. The average molecular weight is 394 g/mol. The van der Waals surface area contributed by atoms with Crippen molar-refractivity contribution in [1.29, 1.82) is 0 Å². The van der Waals surface area contributed by atoms with Crippen LogP contribution in [-0.4, -0.2) is 18.5 Å². The van der Waals surface area contributed by atoms with Crippen LogP contribution >= 0.6 is 69.6 Å². The molecule has 0 saturated heterocycles. The van der Waals surface area contributed by atoms with Crippen LogP contribution in [0.2, 0.25) is 0 Å². The van der Waals surface area contributed by atoms with E-state index in [9.17, 15) is 0 Å². The van der Waals surface area contributed by atoms with E-state index < -0.39 is 7.71 Å². The van der Waals surface area contributed by atoms with Crippen molar-refractivity contribution in [3.63, 3.8) is 0 Å². The van der Waals surface area contributed by atoms with Gasteiger partial charge < -0.3 is 0 Å². The van der Waals surface area contributed by atoms with E-state index in [2.05, 4.69) is 10.5 Å². The number of benzene rings is 1. The lowest BCUT2D eigenvalue weighted by Crippen LogP contribution is -2.45. The molecule has 0 fully saturated rings. The molecule has 1 aliphatic heterocycles. The minimum absolute atomic E-state index is 0.131. The number of hydrogen-bond donors (Lipinski definition) is 1. The van der Waals surface area contributed by atoms with Crippen LogP contribution < -0.4 is 5.43 Å². The highest BCUT2D eigenvalue weighted by molar-refractivity contribution is 6.77. The Balaban J connectivity index is 2.44. The van der Waals surface area contributed by atoms with Gasteiger partial charge in [0, 0.05) is 0 Å². The van der Waals surface area contributed by atoms with Gasteiger partial charge in [-0.25, -0.2) is 0 Å². The van der Waals surface area contributed by atoms with E-state index in [4.69, 9.17) is 69.6 Å². The number of hydrazine groups is 1. The van der Waals surface area contributed by atoms with Crippen LogP contribution in [-0.2, 0) is 0 Å². The number of nitrogens with one attached hydrogen (secondary N) is 1. The maximum absolute atomic E-state index is 5.85. The Bertz CT molecular complexity index is 544. The van der Waals surface area contributed by atoms with Crippen molar-refractivity contribution < 1.29 is 0 Å². The summed E-state index contributed by atoms with van der Waals surface area (Å²) >= 11 is 35.0. The van der Waals surface area contributed by atoms with Gasteiger partial charge >= 0.3 is 3.92 Å². The number of alkyl halides is 6. The first kappa shape index (κ1) is 16.3. The molecule has 0 aliphatic carbocycles. The van der Waals surface area contributed by atoms with Crippen LogP contribution in [0.1, 0.15) is 5.56 Å². The van der Waals surface area contributed by atoms with Gasteiger partial charge in [-0.05, 0) is 11.6 Å². The van der Waals surface area contributed by atoms with Crippen molar-refractivity contribution in [3.05, 3.63) is 42.0 Å². The van der Waals surface area contributed by atoms with Gasteiger partial charge in [0.15, 0.2) is 0 Å². The van der Waals surface area contributed by atoms with Gasteiger partial charge in [-0.1, -0.05) is 99.9 Å². The van der Waals surface area contributed by atoms with Crippen LogP contribution in [0.25, 0.3) is 5.70 Å². The molecule has 0 radical (unpaired) electrons. The first-order valence-corrected chi connectivity index (χ1v) is 7.51. The molecule has 0 atom stereocenters. The third kappa shape index (κ3) is 4.00. The molecule has 0 amide bonds. The number of rotatable bonds is 1. The SMILES string of the molecule is ClC(Cl)(Cl)C1=NN(C(Cl)(Cl)Cl)NC(c2ccccc2)=C1. The van der Waals surface area contributed by atoms with Crippen LogP contribution in [0, 0.1) is 0 Å². The highest BCUT2D eigenvalue weighted by Gasteiger charge is 2.37. The average Bonchev–Trinajstić information content (AvgIpc) is 2.37. The molecule has 1 N–H and O–H groups in total. The summed E-state index contributed by atoms with van der Waals surface area (Å²) in [6.07, 6.45) is 1.58. The van der Waals surface area contributed by atoms with Crippen molar-refractivity contribution >= 4 is 81.0 Å². The first-order chi connectivity index (χ1) is 9.18. The monoisotopic (exact) mass is 391 g/mol.